The number of likely N-dealkylation sites (tertiary alicyclic amines) is 1. The Balaban J connectivity index is 1.96. The van der Waals surface area contributed by atoms with Gasteiger partial charge in [-0.1, -0.05) is 15.9 Å². The number of imide groups is 1. The van der Waals surface area contributed by atoms with Gasteiger partial charge in [0, 0.05) is 17.7 Å². The van der Waals surface area contributed by atoms with E-state index in [1.54, 1.807) is 0 Å². The maximum Gasteiger partial charge on any atom is 0.307 e. The maximum atomic E-state index is 11.9. The first kappa shape index (κ1) is 14.5. The van der Waals surface area contributed by atoms with Crippen molar-refractivity contribution in [1.82, 2.24) is 4.90 Å². The van der Waals surface area contributed by atoms with Crippen molar-refractivity contribution in [2.24, 2.45) is 23.7 Å². The number of aliphatic carboxylic acids is 2. The number of hydrogen-bond acceptors (Lipinski definition) is 4. The number of carboxylic acids is 2. The number of carbonyl (C=O) groups is 4. The molecule has 1 heterocycles. The Morgan fingerprint density at radius 2 is 1.48 bits per heavy atom. The summed E-state index contributed by atoms with van der Waals surface area (Å²) in [5.74, 6) is -5.77. The SMILES string of the molecule is O=C(O)[C@@H]1[C@H]2C[C@@H]([C@H](Br)[C@H]2N2C(=O)CCC2=O)[C@@H]1C(=O)O. The molecule has 114 valence electrons. The van der Waals surface area contributed by atoms with Gasteiger partial charge in [-0.15, -0.1) is 0 Å². The highest BCUT2D eigenvalue weighted by Crippen LogP contribution is 2.57. The molecule has 3 fully saturated rings. The van der Waals surface area contributed by atoms with Gasteiger partial charge in [0.2, 0.25) is 11.8 Å². The second-order valence-electron chi connectivity index (χ2n) is 5.88. The van der Waals surface area contributed by atoms with Crippen LogP contribution in [-0.4, -0.2) is 49.7 Å². The Morgan fingerprint density at radius 1 is 1.00 bits per heavy atom. The van der Waals surface area contributed by atoms with E-state index >= 15 is 0 Å². The molecule has 21 heavy (non-hydrogen) atoms. The summed E-state index contributed by atoms with van der Waals surface area (Å²) < 4.78 is 0. The van der Waals surface area contributed by atoms with E-state index in [1.807, 2.05) is 0 Å². The third kappa shape index (κ3) is 1.91. The molecule has 3 rings (SSSR count). The van der Waals surface area contributed by atoms with Gasteiger partial charge in [-0.25, -0.2) is 0 Å². The standard InChI is InChI=1S/C13H14BrNO6/c14-10-4-3-5(9(13(20)21)8(4)12(18)19)11(10)15-6(16)1-2-7(15)17/h4-5,8-11H,1-3H2,(H,18,19)(H,20,21)/t4-,5-,8+,9-,10+,11+/m1/s1. The lowest BCUT2D eigenvalue weighted by atomic mass is 9.76. The van der Waals surface area contributed by atoms with Crippen molar-refractivity contribution in [1.29, 1.82) is 0 Å². The summed E-state index contributed by atoms with van der Waals surface area (Å²) in [6, 6.07) is -0.547. The summed E-state index contributed by atoms with van der Waals surface area (Å²) in [5, 5.41) is 18.7. The van der Waals surface area contributed by atoms with Crippen LogP contribution in [0, 0.1) is 23.7 Å². The first-order valence-electron chi connectivity index (χ1n) is 6.79. The number of alkyl halides is 1. The lowest BCUT2D eigenvalue weighted by molar-refractivity contribution is -0.159. The summed E-state index contributed by atoms with van der Waals surface area (Å²) >= 11 is 3.41. The molecule has 7 nitrogen and oxygen atoms in total. The number of fused-ring (bicyclic) bond motifs is 2. The zero-order chi connectivity index (χ0) is 15.5. The zero-order valence-corrected chi connectivity index (χ0v) is 12.5. The highest BCUT2D eigenvalue weighted by atomic mass is 79.9. The average Bonchev–Trinajstić information content (AvgIpc) is 3.02. The van der Waals surface area contributed by atoms with E-state index in [0.29, 0.717) is 6.42 Å². The van der Waals surface area contributed by atoms with E-state index in [0.717, 1.165) is 4.90 Å². The van der Waals surface area contributed by atoms with Crippen LogP contribution in [0.5, 0.6) is 0 Å². The summed E-state index contributed by atoms with van der Waals surface area (Å²) in [6.45, 7) is 0. The van der Waals surface area contributed by atoms with Gasteiger partial charge in [0.05, 0.1) is 17.9 Å². The molecule has 6 atom stereocenters. The quantitative estimate of drug-likeness (QED) is 0.554. The van der Waals surface area contributed by atoms with Crippen LogP contribution in [0.1, 0.15) is 19.3 Å². The van der Waals surface area contributed by atoms with Gasteiger partial charge < -0.3 is 10.2 Å². The smallest absolute Gasteiger partial charge is 0.307 e. The first-order valence-corrected chi connectivity index (χ1v) is 7.70. The average molecular weight is 360 g/mol. The van der Waals surface area contributed by atoms with Crippen LogP contribution in [0.4, 0.5) is 0 Å². The number of carboxylic acid groups (broad SMARTS) is 2. The fraction of sp³-hybridized carbons (Fsp3) is 0.692. The minimum atomic E-state index is -1.17. The number of halogens is 1. The van der Waals surface area contributed by atoms with Crippen LogP contribution >= 0.6 is 15.9 Å². The lowest BCUT2D eigenvalue weighted by Crippen LogP contribution is -2.54. The van der Waals surface area contributed by atoms with Crippen LogP contribution < -0.4 is 0 Å². The number of rotatable bonds is 3. The normalized spacial score (nSPS) is 41.9. The lowest BCUT2D eigenvalue weighted by Gasteiger charge is -2.38. The highest BCUT2D eigenvalue weighted by molar-refractivity contribution is 9.09. The highest BCUT2D eigenvalue weighted by Gasteiger charge is 2.65. The van der Waals surface area contributed by atoms with Crippen molar-refractivity contribution in [3.8, 4) is 0 Å². The van der Waals surface area contributed by atoms with Crippen molar-refractivity contribution in [2.45, 2.75) is 30.1 Å². The molecule has 0 radical (unpaired) electrons. The molecule has 2 bridgehead atoms. The molecular formula is C13H14BrNO6. The second-order valence-corrected chi connectivity index (χ2v) is 6.94. The van der Waals surface area contributed by atoms with Crippen molar-refractivity contribution in [3.05, 3.63) is 0 Å². The van der Waals surface area contributed by atoms with E-state index in [9.17, 15) is 29.4 Å². The fourth-order valence-corrected chi connectivity index (χ4v) is 5.42. The Morgan fingerprint density at radius 3 is 1.95 bits per heavy atom. The molecule has 2 N–H and O–H groups in total. The predicted molar refractivity (Wildman–Crippen MR) is 71.4 cm³/mol. The first-order chi connectivity index (χ1) is 9.84. The molecular weight excluding hydrogens is 346 g/mol. The summed E-state index contributed by atoms with van der Waals surface area (Å²) in [7, 11) is 0. The minimum absolute atomic E-state index is 0.145. The zero-order valence-electron chi connectivity index (χ0n) is 10.9. The van der Waals surface area contributed by atoms with Gasteiger partial charge in [0.15, 0.2) is 0 Å². The second kappa shape index (κ2) is 4.79. The molecule has 2 saturated carbocycles. The third-order valence-electron chi connectivity index (χ3n) is 4.99. The minimum Gasteiger partial charge on any atom is -0.481 e. The molecule has 0 aromatic carbocycles. The molecule has 0 spiro atoms. The van der Waals surface area contributed by atoms with E-state index in [1.165, 1.54) is 0 Å². The van der Waals surface area contributed by atoms with E-state index in [-0.39, 0.29) is 35.4 Å². The van der Waals surface area contributed by atoms with E-state index < -0.39 is 35.7 Å². The number of amides is 2. The molecule has 0 aromatic rings. The van der Waals surface area contributed by atoms with E-state index in [4.69, 9.17) is 0 Å². The van der Waals surface area contributed by atoms with Gasteiger partial charge >= 0.3 is 11.9 Å². The number of hydrogen-bond donors (Lipinski definition) is 2. The molecule has 8 heteroatoms. The molecule has 1 aliphatic heterocycles. The topological polar surface area (TPSA) is 112 Å². The Labute approximate surface area is 128 Å². The van der Waals surface area contributed by atoms with Crippen LogP contribution in [0.3, 0.4) is 0 Å². The molecule has 2 amide bonds. The fourth-order valence-electron chi connectivity index (χ4n) is 4.24. The van der Waals surface area contributed by atoms with Crippen molar-refractivity contribution in [3.63, 3.8) is 0 Å². The largest absolute Gasteiger partial charge is 0.481 e. The predicted octanol–water partition coefficient (Wildman–Crippen LogP) is 0.319. The van der Waals surface area contributed by atoms with Gasteiger partial charge in [-0.3, -0.25) is 24.1 Å². The Bertz CT molecular complexity index is 533. The summed E-state index contributed by atoms with van der Waals surface area (Å²) in [4.78, 5) is 47.5. The third-order valence-corrected chi connectivity index (χ3v) is 6.21. The summed E-state index contributed by atoms with van der Waals surface area (Å²) in [5.41, 5.74) is 0. The number of carbonyl (C=O) groups excluding carboxylic acids is 2. The number of nitrogens with zero attached hydrogens (tertiary/aromatic N) is 1. The summed E-state index contributed by atoms with van der Waals surface area (Å²) in [6.07, 6.45) is 0.699. The maximum absolute atomic E-state index is 11.9. The van der Waals surface area contributed by atoms with Crippen molar-refractivity contribution in [2.75, 3.05) is 0 Å². The van der Waals surface area contributed by atoms with E-state index in [2.05, 4.69) is 15.9 Å². The van der Waals surface area contributed by atoms with Crippen LogP contribution in [0.15, 0.2) is 0 Å². The van der Waals surface area contributed by atoms with Gasteiger partial charge in [0.1, 0.15) is 0 Å². The molecule has 3 aliphatic rings. The molecule has 0 unspecified atom stereocenters. The van der Waals surface area contributed by atoms with Gasteiger partial charge in [-0.2, -0.15) is 0 Å². The van der Waals surface area contributed by atoms with Gasteiger partial charge in [-0.05, 0) is 18.3 Å². The van der Waals surface area contributed by atoms with Crippen molar-refractivity contribution < 1.29 is 29.4 Å². The molecule has 0 aromatic heterocycles. The molecule has 2 aliphatic carbocycles. The van der Waals surface area contributed by atoms with Crippen LogP contribution in [0.2, 0.25) is 0 Å². The monoisotopic (exact) mass is 359 g/mol. The Hall–Kier alpha value is -1.44. The van der Waals surface area contributed by atoms with Gasteiger partial charge in [0.25, 0.3) is 0 Å². The van der Waals surface area contributed by atoms with Crippen LogP contribution in [-0.2, 0) is 19.2 Å². The van der Waals surface area contributed by atoms with Crippen LogP contribution in [0.25, 0.3) is 0 Å². The Kier molecular flexibility index (Phi) is 3.31. The van der Waals surface area contributed by atoms with Crippen molar-refractivity contribution >= 4 is 39.7 Å². The molecule has 1 saturated heterocycles.